The highest BCUT2D eigenvalue weighted by Gasteiger charge is 2.17. The fourth-order valence-corrected chi connectivity index (χ4v) is 2.61. The molecule has 0 aromatic heterocycles. The predicted octanol–water partition coefficient (Wildman–Crippen LogP) is 3.35. The van der Waals surface area contributed by atoms with Crippen molar-refractivity contribution in [2.45, 2.75) is 0 Å². The largest absolute Gasteiger partial charge is 0.377 e. The zero-order chi connectivity index (χ0) is 12.7. The van der Waals surface area contributed by atoms with Gasteiger partial charge in [-0.15, -0.1) is 0 Å². The monoisotopic (exact) mass is 236 g/mol. The lowest BCUT2D eigenvalue weighted by Crippen LogP contribution is -2.15. The Morgan fingerprint density at radius 1 is 1.00 bits per heavy atom. The fraction of sp³-hybridized carbons (Fsp3) is 0.188. The van der Waals surface area contributed by atoms with Crippen molar-refractivity contribution in [2.75, 3.05) is 26.0 Å². The Bertz CT molecular complexity index is 679. The van der Waals surface area contributed by atoms with E-state index in [0.29, 0.717) is 0 Å². The molecule has 0 fully saturated rings. The van der Waals surface area contributed by atoms with Gasteiger partial charge >= 0.3 is 0 Å². The van der Waals surface area contributed by atoms with Crippen molar-refractivity contribution in [1.29, 1.82) is 0 Å². The van der Waals surface area contributed by atoms with E-state index >= 15 is 0 Å². The third-order valence-electron chi connectivity index (χ3n) is 3.46. The third kappa shape index (κ3) is 1.46. The van der Waals surface area contributed by atoms with E-state index in [4.69, 9.17) is 0 Å². The van der Waals surface area contributed by atoms with Crippen molar-refractivity contribution in [1.82, 2.24) is 0 Å². The minimum atomic E-state index is 1.06. The van der Waals surface area contributed by atoms with Crippen molar-refractivity contribution in [2.24, 2.45) is 4.99 Å². The van der Waals surface area contributed by atoms with Crippen molar-refractivity contribution < 1.29 is 0 Å². The number of aliphatic imine (C=N–C) groups is 1. The van der Waals surface area contributed by atoms with Gasteiger partial charge in [-0.05, 0) is 23.1 Å². The van der Waals surface area contributed by atoms with Gasteiger partial charge in [-0.2, -0.15) is 0 Å². The number of anilines is 1. The number of rotatable bonds is 1. The Morgan fingerprint density at radius 3 is 2.56 bits per heavy atom. The van der Waals surface area contributed by atoms with Crippen LogP contribution in [0.2, 0.25) is 0 Å². The first-order valence-corrected chi connectivity index (χ1v) is 6.10. The summed E-state index contributed by atoms with van der Waals surface area (Å²) in [7, 11) is 6.00. The predicted molar refractivity (Wildman–Crippen MR) is 79.8 cm³/mol. The second-order valence-corrected chi connectivity index (χ2v) is 4.74. The summed E-state index contributed by atoms with van der Waals surface area (Å²) in [6.07, 6.45) is 4.25. The van der Waals surface area contributed by atoms with Crippen LogP contribution in [0.5, 0.6) is 0 Å². The van der Waals surface area contributed by atoms with E-state index in [9.17, 15) is 0 Å². The maximum absolute atomic E-state index is 4.42. The van der Waals surface area contributed by atoms with E-state index in [2.05, 4.69) is 66.5 Å². The minimum Gasteiger partial charge on any atom is -0.377 e. The zero-order valence-corrected chi connectivity index (χ0v) is 10.9. The lowest BCUT2D eigenvalue weighted by molar-refractivity contribution is 1.13. The summed E-state index contributed by atoms with van der Waals surface area (Å²) >= 11 is 0. The Labute approximate surface area is 107 Å². The van der Waals surface area contributed by atoms with Crippen LogP contribution in [0, 0.1) is 0 Å². The summed E-state index contributed by atoms with van der Waals surface area (Å²) in [6.45, 7) is 0. The van der Waals surface area contributed by atoms with Crippen LogP contribution >= 0.6 is 0 Å². The van der Waals surface area contributed by atoms with Gasteiger partial charge in [0.05, 0.1) is 5.71 Å². The molecule has 0 N–H and O–H groups in total. The maximum atomic E-state index is 4.42. The average molecular weight is 236 g/mol. The van der Waals surface area contributed by atoms with E-state index in [1.54, 1.807) is 0 Å². The molecule has 2 nitrogen and oxygen atoms in total. The van der Waals surface area contributed by atoms with Crippen molar-refractivity contribution >= 4 is 28.2 Å². The summed E-state index contributed by atoms with van der Waals surface area (Å²) in [6, 6.07) is 10.8. The third-order valence-corrected chi connectivity index (χ3v) is 3.46. The van der Waals surface area contributed by atoms with Gasteiger partial charge in [0.25, 0.3) is 0 Å². The first-order chi connectivity index (χ1) is 8.72. The fourth-order valence-electron chi connectivity index (χ4n) is 2.61. The highest BCUT2D eigenvalue weighted by Crippen LogP contribution is 2.34. The number of hydrogen-bond donors (Lipinski definition) is 0. The zero-order valence-electron chi connectivity index (χ0n) is 10.9. The molecule has 0 radical (unpaired) electrons. The van der Waals surface area contributed by atoms with Crippen molar-refractivity contribution in [3.63, 3.8) is 0 Å². The van der Waals surface area contributed by atoms with Crippen LogP contribution in [0.3, 0.4) is 0 Å². The summed E-state index contributed by atoms with van der Waals surface area (Å²) in [5, 5.41) is 2.59. The molecule has 0 spiro atoms. The molecule has 1 aliphatic carbocycles. The van der Waals surface area contributed by atoms with Crippen LogP contribution in [0.15, 0.2) is 41.4 Å². The number of nitrogens with zero attached hydrogens (tertiary/aromatic N) is 2. The molecule has 0 heterocycles. The lowest BCUT2D eigenvalue weighted by Gasteiger charge is -2.22. The second-order valence-electron chi connectivity index (χ2n) is 4.74. The second kappa shape index (κ2) is 3.98. The Kier molecular flexibility index (Phi) is 2.44. The Hall–Kier alpha value is -2.09. The van der Waals surface area contributed by atoms with Crippen LogP contribution in [-0.2, 0) is 0 Å². The van der Waals surface area contributed by atoms with Gasteiger partial charge in [0, 0.05) is 37.8 Å². The first-order valence-electron chi connectivity index (χ1n) is 6.10. The van der Waals surface area contributed by atoms with E-state index in [1.807, 2.05) is 7.05 Å². The number of benzene rings is 2. The van der Waals surface area contributed by atoms with Gasteiger partial charge in [0.1, 0.15) is 0 Å². The SMILES string of the molecule is C/N=C1\C=Cc2cccc3ccc(N(C)C)c1c23. The molecule has 0 unspecified atom stereocenters. The van der Waals surface area contributed by atoms with Crippen LogP contribution in [-0.4, -0.2) is 26.9 Å². The lowest BCUT2D eigenvalue weighted by atomic mass is 9.90. The topological polar surface area (TPSA) is 15.6 Å². The molecule has 0 bridgehead atoms. The van der Waals surface area contributed by atoms with Crippen LogP contribution in [0.1, 0.15) is 11.1 Å². The van der Waals surface area contributed by atoms with E-state index in [1.165, 1.54) is 27.6 Å². The smallest absolute Gasteiger partial charge is 0.0670 e. The summed E-state index contributed by atoms with van der Waals surface area (Å²) < 4.78 is 0. The van der Waals surface area contributed by atoms with Gasteiger partial charge in [-0.25, -0.2) is 0 Å². The van der Waals surface area contributed by atoms with Crippen LogP contribution in [0.25, 0.3) is 16.8 Å². The average Bonchev–Trinajstić information content (AvgIpc) is 2.39. The standard InChI is InChI=1S/C16H16N2/c1-17-13-9-7-11-5-4-6-12-8-10-14(18(2)3)16(13)15(11)12/h4-10H,1-3H3/b17-13+. The Morgan fingerprint density at radius 2 is 1.83 bits per heavy atom. The van der Waals surface area contributed by atoms with E-state index in [-0.39, 0.29) is 0 Å². The van der Waals surface area contributed by atoms with Crippen molar-refractivity contribution in [3.05, 3.63) is 47.5 Å². The molecular formula is C16H16N2. The first kappa shape index (κ1) is 11.0. The molecule has 0 aliphatic heterocycles. The molecule has 18 heavy (non-hydrogen) atoms. The molecular weight excluding hydrogens is 220 g/mol. The van der Waals surface area contributed by atoms with Gasteiger partial charge in [0.15, 0.2) is 0 Å². The summed E-state index contributed by atoms with van der Waals surface area (Å²) in [5.74, 6) is 0. The normalized spacial score (nSPS) is 15.4. The molecule has 0 atom stereocenters. The van der Waals surface area contributed by atoms with Crippen LogP contribution < -0.4 is 4.90 Å². The van der Waals surface area contributed by atoms with Gasteiger partial charge in [0.2, 0.25) is 0 Å². The number of hydrogen-bond acceptors (Lipinski definition) is 2. The summed E-state index contributed by atoms with van der Waals surface area (Å²) in [5.41, 5.74) is 4.81. The molecule has 2 aromatic rings. The molecule has 1 aliphatic rings. The molecule has 2 aromatic carbocycles. The highest BCUT2D eigenvalue weighted by molar-refractivity contribution is 6.25. The van der Waals surface area contributed by atoms with E-state index in [0.717, 1.165) is 5.71 Å². The molecule has 2 heteroatoms. The minimum absolute atomic E-state index is 1.06. The molecule has 0 saturated carbocycles. The quantitative estimate of drug-likeness (QED) is 0.741. The van der Waals surface area contributed by atoms with E-state index < -0.39 is 0 Å². The molecule has 3 rings (SSSR count). The van der Waals surface area contributed by atoms with Gasteiger partial charge in [-0.1, -0.05) is 30.3 Å². The van der Waals surface area contributed by atoms with Crippen molar-refractivity contribution in [3.8, 4) is 0 Å². The Balaban J connectivity index is 2.49. The van der Waals surface area contributed by atoms with Crippen LogP contribution in [0.4, 0.5) is 5.69 Å². The summed E-state index contributed by atoms with van der Waals surface area (Å²) in [4.78, 5) is 6.57. The molecule has 0 amide bonds. The van der Waals surface area contributed by atoms with Gasteiger partial charge in [-0.3, -0.25) is 4.99 Å². The highest BCUT2D eigenvalue weighted by atomic mass is 15.1. The molecule has 0 saturated heterocycles. The number of allylic oxidation sites excluding steroid dienone is 1. The molecule has 90 valence electrons. The maximum Gasteiger partial charge on any atom is 0.0670 e. The van der Waals surface area contributed by atoms with Gasteiger partial charge < -0.3 is 4.90 Å².